The van der Waals surface area contributed by atoms with E-state index in [1.165, 1.54) is 12.1 Å². The van der Waals surface area contributed by atoms with Crippen molar-refractivity contribution in [3.63, 3.8) is 0 Å². The average Bonchev–Trinajstić information content (AvgIpc) is 2.67. The monoisotopic (exact) mass is 363 g/mol. The molecule has 2 N–H and O–H groups in total. The van der Waals surface area contributed by atoms with Gasteiger partial charge in [0.15, 0.2) is 0 Å². The van der Waals surface area contributed by atoms with Crippen LogP contribution in [-0.2, 0) is 4.79 Å². The number of nitrogens with one attached hydrogen (secondary N) is 2. The Morgan fingerprint density at radius 1 is 1.11 bits per heavy atom. The second-order valence-electron chi connectivity index (χ2n) is 6.48. The predicted octanol–water partition coefficient (Wildman–Crippen LogP) is 4.35. The Bertz CT molecular complexity index is 996. The lowest BCUT2D eigenvalue weighted by atomic mass is 10.00. The molecule has 0 aromatic heterocycles. The van der Waals surface area contributed by atoms with Crippen LogP contribution in [0, 0.1) is 17.0 Å². The smallest absolute Gasteiger partial charge is 0.269 e. The number of amides is 1. The highest BCUT2D eigenvalue weighted by molar-refractivity contribution is 5.93. The van der Waals surface area contributed by atoms with E-state index in [2.05, 4.69) is 34.9 Å². The summed E-state index contributed by atoms with van der Waals surface area (Å²) in [4.78, 5) is 22.6. The van der Waals surface area contributed by atoms with Gasteiger partial charge in [0.2, 0.25) is 5.91 Å². The first-order valence-corrected chi connectivity index (χ1v) is 8.71. The predicted molar refractivity (Wildman–Crippen MR) is 107 cm³/mol. The van der Waals surface area contributed by atoms with Crippen molar-refractivity contribution in [1.82, 2.24) is 5.32 Å². The maximum atomic E-state index is 12.3. The Morgan fingerprint density at radius 2 is 1.85 bits per heavy atom. The Kier molecular flexibility index (Phi) is 5.47. The molecule has 6 heteroatoms. The van der Waals surface area contributed by atoms with Gasteiger partial charge in [0, 0.05) is 23.9 Å². The molecule has 0 saturated heterocycles. The lowest BCUT2D eigenvalue weighted by molar-refractivity contribution is -0.384. The summed E-state index contributed by atoms with van der Waals surface area (Å²) >= 11 is 0. The molecule has 1 amide bonds. The number of hydrogen-bond donors (Lipinski definition) is 2. The zero-order chi connectivity index (χ0) is 19.4. The SMILES string of the molecule is Cc1cc([N+](=O)[O-])ccc1NC(=O)CN[C@@H](C)c1cccc2ccccc12. The number of benzene rings is 3. The number of aryl methyl sites for hydroxylation is 1. The summed E-state index contributed by atoms with van der Waals surface area (Å²) < 4.78 is 0. The fraction of sp³-hybridized carbons (Fsp3) is 0.190. The van der Waals surface area contributed by atoms with E-state index in [0.717, 1.165) is 16.3 Å². The van der Waals surface area contributed by atoms with E-state index < -0.39 is 4.92 Å². The third-order valence-electron chi connectivity index (χ3n) is 4.55. The molecule has 0 heterocycles. The lowest BCUT2D eigenvalue weighted by Crippen LogP contribution is -2.30. The number of nitro groups is 1. The largest absolute Gasteiger partial charge is 0.325 e. The molecule has 0 saturated carbocycles. The van der Waals surface area contributed by atoms with E-state index >= 15 is 0 Å². The van der Waals surface area contributed by atoms with Gasteiger partial charge in [0.25, 0.3) is 5.69 Å². The van der Waals surface area contributed by atoms with Gasteiger partial charge in [-0.2, -0.15) is 0 Å². The van der Waals surface area contributed by atoms with Crippen LogP contribution in [0.5, 0.6) is 0 Å². The molecule has 27 heavy (non-hydrogen) atoms. The molecular weight excluding hydrogens is 342 g/mol. The number of nitro benzene ring substituents is 1. The molecule has 3 aromatic carbocycles. The number of hydrogen-bond acceptors (Lipinski definition) is 4. The molecule has 0 fully saturated rings. The lowest BCUT2D eigenvalue weighted by Gasteiger charge is -2.17. The number of carbonyl (C=O) groups excluding carboxylic acids is 1. The van der Waals surface area contributed by atoms with Crippen molar-refractivity contribution in [3.05, 3.63) is 81.9 Å². The van der Waals surface area contributed by atoms with E-state index in [-0.39, 0.29) is 24.2 Å². The van der Waals surface area contributed by atoms with Crippen LogP contribution >= 0.6 is 0 Å². The molecular formula is C21H21N3O3. The van der Waals surface area contributed by atoms with Gasteiger partial charge in [-0.3, -0.25) is 14.9 Å². The third-order valence-corrected chi connectivity index (χ3v) is 4.55. The van der Waals surface area contributed by atoms with Gasteiger partial charge in [0.05, 0.1) is 11.5 Å². The van der Waals surface area contributed by atoms with Crippen molar-refractivity contribution in [2.45, 2.75) is 19.9 Å². The van der Waals surface area contributed by atoms with Crippen LogP contribution in [0.2, 0.25) is 0 Å². The van der Waals surface area contributed by atoms with Crippen LogP contribution in [0.15, 0.2) is 60.7 Å². The van der Waals surface area contributed by atoms with Gasteiger partial charge in [0.1, 0.15) is 0 Å². The number of nitrogens with zero attached hydrogens (tertiary/aromatic N) is 1. The normalized spacial score (nSPS) is 11.9. The second-order valence-corrected chi connectivity index (χ2v) is 6.48. The summed E-state index contributed by atoms with van der Waals surface area (Å²) in [5, 5.41) is 19.2. The third kappa shape index (κ3) is 4.30. The van der Waals surface area contributed by atoms with E-state index in [0.29, 0.717) is 11.3 Å². The maximum absolute atomic E-state index is 12.3. The summed E-state index contributed by atoms with van der Waals surface area (Å²) in [7, 11) is 0. The molecule has 3 rings (SSSR count). The van der Waals surface area contributed by atoms with Crippen LogP contribution in [0.4, 0.5) is 11.4 Å². The summed E-state index contributed by atoms with van der Waals surface area (Å²) in [5.74, 6) is -0.195. The highest BCUT2D eigenvalue weighted by atomic mass is 16.6. The van der Waals surface area contributed by atoms with Crippen molar-refractivity contribution < 1.29 is 9.72 Å². The minimum Gasteiger partial charge on any atom is -0.325 e. The first-order chi connectivity index (χ1) is 13.0. The molecule has 0 aliphatic carbocycles. The van der Waals surface area contributed by atoms with Crippen LogP contribution in [0.25, 0.3) is 10.8 Å². The fourth-order valence-corrected chi connectivity index (χ4v) is 3.08. The van der Waals surface area contributed by atoms with E-state index in [1.807, 2.05) is 25.1 Å². The first-order valence-electron chi connectivity index (χ1n) is 8.71. The van der Waals surface area contributed by atoms with Crippen molar-refractivity contribution in [3.8, 4) is 0 Å². The Hall–Kier alpha value is -3.25. The average molecular weight is 363 g/mol. The number of rotatable bonds is 6. The topological polar surface area (TPSA) is 84.3 Å². The van der Waals surface area contributed by atoms with E-state index in [9.17, 15) is 14.9 Å². The van der Waals surface area contributed by atoms with Gasteiger partial charge < -0.3 is 10.6 Å². The molecule has 0 unspecified atom stereocenters. The zero-order valence-corrected chi connectivity index (χ0v) is 15.2. The molecule has 6 nitrogen and oxygen atoms in total. The Labute approximate surface area is 157 Å². The van der Waals surface area contributed by atoms with Crippen molar-refractivity contribution in [2.24, 2.45) is 0 Å². The Morgan fingerprint density at radius 3 is 2.59 bits per heavy atom. The molecule has 0 bridgehead atoms. The zero-order valence-electron chi connectivity index (χ0n) is 15.2. The van der Waals surface area contributed by atoms with Gasteiger partial charge in [-0.25, -0.2) is 0 Å². The second kappa shape index (κ2) is 7.97. The van der Waals surface area contributed by atoms with Gasteiger partial charge >= 0.3 is 0 Å². The standard InChI is InChI=1S/C21H21N3O3/c1-14-12-17(24(26)27)10-11-20(14)23-21(25)13-22-15(2)18-9-5-7-16-6-3-4-8-19(16)18/h3-12,15,22H,13H2,1-2H3,(H,23,25)/t15-/m0/s1. The van der Waals surface area contributed by atoms with E-state index in [4.69, 9.17) is 0 Å². The summed E-state index contributed by atoms with van der Waals surface area (Å²) in [5.41, 5.74) is 2.37. The summed E-state index contributed by atoms with van der Waals surface area (Å²) in [6, 6.07) is 18.7. The highest BCUT2D eigenvalue weighted by Gasteiger charge is 2.13. The Balaban J connectivity index is 1.64. The van der Waals surface area contributed by atoms with Gasteiger partial charge in [-0.15, -0.1) is 0 Å². The molecule has 138 valence electrons. The number of fused-ring (bicyclic) bond motifs is 1. The van der Waals surface area contributed by atoms with Crippen molar-refractivity contribution in [2.75, 3.05) is 11.9 Å². The van der Waals surface area contributed by atoms with Crippen LogP contribution in [0.3, 0.4) is 0 Å². The first kappa shape index (κ1) is 18.5. The van der Waals surface area contributed by atoms with Gasteiger partial charge in [-0.05, 0) is 41.8 Å². The summed E-state index contributed by atoms with van der Waals surface area (Å²) in [6.07, 6.45) is 0. The minimum atomic E-state index is -0.452. The summed E-state index contributed by atoms with van der Waals surface area (Å²) in [6.45, 7) is 3.89. The van der Waals surface area contributed by atoms with Gasteiger partial charge in [-0.1, -0.05) is 42.5 Å². The number of anilines is 1. The molecule has 0 aliphatic heterocycles. The number of carbonyl (C=O) groups is 1. The quantitative estimate of drug-likeness (QED) is 0.504. The van der Waals surface area contributed by atoms with Crippen molar-refractivity contribution in [1.29, 1.82) is 0 Å². The fourth-order valence-electron chi connectivity index (χ4n) is 3.08. The molecule has 0 aliphatic rings. The highest BCUT2D eigenvalue weighted by Crippen LogP contribution is 2.24. The number of non-ortho nitro benzene ring substituents is 1. The van der Waals surface area contributed by atoms with Crippen LogP contribution in [-0.4, -0.2) is 17.4 Å². The molecule has 1 atom stereocenters. The molecule has 3 aromatic rings. The van der Waals surface area contributed by atoms with Crippen molar-refractivity contribution >= 4 is 28.1 Å². The molecule has 0 radical (unpaired) electrons. The minimum absolute atomic E-state index is 0.000178. The maximum Gasteiger partial charge on any atom is 0.269 e. The van der Waals surface area contributed by atoms with Crippen LogP contribution < -0.4 is 10.6 Å². The molecule has 0 spiro atoms. The van der Waals surface area contributed by atoms with Crippen LogP contribution in [0.1, 0.15) is 24.1 Å². The van der Waals surface area contributed by atoms with E-state index in [1.54, 1.807) is 13.0 Å².